The fourth-order valence-corrected chi connectivity index (χ4v) is 3.12. The summed E-state index contributed by atoms with van der Waals surface area (Å²) in [6, 6.07) is 17.4. The van der Waals surface area contributed by atoms with Crippen molar-refractivity contribution < 1.29 is 0 Å². The normalized spacial score (nSPS) is 18.5. The minimum atomic E-state index is 0.613. The molecule has 1 unspecified atom stereocenters. The maximum absolute atomic E-state index is 5.89. The molecule has 0 aromatic heterocycles. The molecule has 0 saturated carbocycles. The van der Waals surface area contributed by atoms with Gasteiger partial charge in [-0.3, -0.25) is 0 Å². The molecular weight excluding hydrogens is 244 g/mol. The van der Waals surface area contributed by atoms with E-state index in [0.29, 0.717) is 12.5 Å². The van der Waals surface area contributed by atoms with Crippen molar-refractivity contribution in [3.8, 4) is 0 Å². The van der Waals surface area contributed by atoms with Crippen molar-refractivity contribution in [2.45, 2.75) is 25.8 Å². The van der Waals surface area contributed by atoms with Crippen molar-refractivity contribution in [1.29, 1.82) is 0 Å². The van der Waals surface area contributed by atoms with Crippen LogP contribution in [0, 0.1) is 6.92 Å². The van der Waals surface area contributed by atoms with E-state index in [1.165, 1.54) is 28.8 Å². The number of anilines is 1. The standard InChI is InChI=1S/C18H22N2/c1-14-7-8-16(12-19)18(11-14)20-10-9-17(13-20)15-5-3-2-4-6-15/h2-8,11,17H,9-10,12-13,19H2,1H3. The predicted octanol–water partition coefficient (Wildman–Crippen LogP) is 3.45. The SMILES string of the molecule is Cc1ccc(CN)c(N2CCC(c3ccccc3)C2)c1. The van der Waals surface area contributed by atoms with Gasteiger partial charge in [-0.1, -0.05) is 42.5 Å². The summed E-state index contributed by atoms with van der Waals surface area (Å²) in [6.45, 7) is 4.98. The molecule has 20 heavy (non-hydrogen) atoms. The van der Waals surface area contributed by atoms with E-state index in [0.717, 1.165) is 13.1 Å². The van der Waals surface area contributed by atoms with Crippen LogP contribution in [-0.2, 0) is 6.54 Å². The maximum Gasteiger partial charge on any atom is 0.0414 e. The summed E-state index contributed by atoms with van der Waals surface area (Å²) in [5.41, 5.74) is 11.2. The molecule has 104 valence electrons. The Hall–Kier alpha value is -1.80. The van der Waals surface area contributed by atoms with Gasteiger partial charge >= 0.3 is 0 Å². The molecule has 2 aromatic rings. The van der Waals surface area contributed by atoms with E-state index in [1.54, 1.807) is 0 Å². The fourth-order valence-electron chi connectivity index (χ4n) is 3.12. The van der Waals surface area contributed by atoms with Gasteiger partial charge in [-0.15, -0.1) is 0 Å². The van der Waals surface area contributed by atoms with E-state index < -0.39 is 0 Å². The van der Waals surface area contributed by atoms with Crippen LogP contribution >= 0.6 is 0 Å². The molecule has 2 nitrogen and oxygen atoms in total. The van der Waals surface area contributed by atoms with Crippen LogP contribution in [0.1, 0.15) is 29.0 Å². The Labute approximate surface area is 121 Å². The second-order valence-corrected chi connectivity index (χ2v) is 5.68. The number of hydrogen-bond donors (Lipinski definition) is 1. The first kappa shape index (κ1) is 13.2. The Kier molecular flexibility index (Phi) is 3.75. The van der Waals surface area contributed by atoms with E-state index in [4.69, 9.17) is 5.73 Å². The van der Waals surface area contributed by atoms with Gasteiger partial charge in [0.1, 0.15) is 0 Å². The van der Waals surface area contributed by atoms with E-state index in [9.17, 15) is 0 Å². The zero-order chi connectivity index (χ0) is 13.9. The van der Waals surface area contributed by atoms with Crippen LogP contribution < -0.4 is 10.6 Å². The summed E-state index contributed by atoms with van der Waals surface area (Å²) in [5.74, 6) is 0.641. The molecule has 3 rings (SSSR count). The molecule has 1 aliphatic heterocycles. The summed E-state index contributed by atoms with van der Waals surface area (Å²) in [7, 11) is 0. The van der Waals surface area contributed by atoms with Crippen molar-refractivity contribution in [3.05, 3.63) is 65.2 Å². The summed E-state index contributed by atoms with van der Waals surface area (Å²) in [4.78, 5) is 2.49. The molecular formula is C18H22N2. The maximum atomic E-state index is 5.89. The summed E-state index contributed by atoms with van der Waals surface area (Å²) < 4.78 is 0. The highest BCUT2D eigenvalue weighted by atomic mass is 15.2. The van der Waals surface area contributed by atoms with Gasteiger partial charge in [0.15, 0.2) is 0 Å². The first-order chi connectivity index (χ1) is 9.78. The Morgan fingerprint density at radius 3 is 2.70 bits per heavy atom. The van der Waals surface area contributed by atoms with Gasteiger partial charge in [-0.05, 0) is 36.1 Å². The van der Waals surface area contributed by atoms with Gasteiger partial charge in [0, 0.05) is 31.2 Å². The lowest BCUT2D eigenvalue weighted by molar-refractivity contribution is 0.775. The van der Waals surface area contributed by atoms with E-state index in [1.807, 2.05) is 0 Å². The Balaban J connectivity index is 1.82. The third kappa shape index (κ3) is 2.56. The van der Waals surface area contributed by atoms with Gasteiger partial charge in [-0.2, -0.15) is 0 Å². The molecule has 0 aliphatic carbocycles. The van der Waals surface area contributed by atoms with Gasteiger partial charge in [0.2, 0.25) is 0 Å². The topological polar surface area (TPSA) is 29.3 Å². The van der Waals surface area contributed by atoms with Crippen LogP contribution in [-0.4, -0.2) is 13.1 Å². The van der Waals surface area contributed by atoms with Gasteiger partial charge in [-0.25, -0.2) is 0 Å². The lowest BCUT2D eigenvalue weighted by Gasteiger charge is -2.22. The van der Waals surface area contributed by atoms with Crippen LogP contribution in [0.15, 0.2) is 48.5 Å². The summed E-state index contributed by atoms with van der Waals surface area (Å²) in [6.07, 6.45) is 1.22. The highest BCUT2D eigenvalue weighted by Gasteiger charge is 2.25. The van der Waals surface area contributed by atoms with Crippen LogP contribution in [0.25, 0.3) is 0 Å². The largest absolute Gasteiger partial charge is 0.371 e. The number of nitrogens with zero attached hydrogens (tertiary/aromatic N) is 1. The van der Waals surface area contributed by atoms with Crippen LogP contribution in [0.5, 0.6) is 0 Å². The number of hydrogen-bond acceptors (Lipinski definition) is 2. The molecule has 1 heterocycles. The second-order valence-electron chi connectivity index (χ2n) is 5.68. The monoisotopic (exact) mass is 266 g/mol. The van der Waals surface area contributed by atoms with Crippen LogP contribution in [0.2, 0.25) is 0 Å². The Morgan fingerprint density at radius 1 is 1.15 bits per heavy atom. The third-order valence-electron chi connectivity index (χ3n) is 4.26. The highest BCUT2D eigenvalue weighted by Crippen LogP contribution is 2.32. The molecule has 2 aromatic carbocycles. The average molecular weight is 266 g/mol. The number of rotatable bonds is 3. The number of benzene rings is 2. The number of aryl methyl sites for hydroxylation is 1. The predicted molar refractivity (Wildman–Crippen MR) is 85.1 cm³/mol. The lowest BCUT2D eigenvalue weighted by Crippen LogP contribution is -2.21. The lowest BCUT2D eigenvalue weighted by atomic mass is 9.99. The zero-order valence-electron chi connectivity index (χ0n) is 12.0. The molecule has 0 bridgehead atoms. The third-order valence-corrected chi connectivity index (χ3v) is 4.26. The van der Waals surface area contributed by atoms with Crippen molar-refractivity contribution in [1.82, 2.24) is 0 Å². The second kappa shape index (κ2) is 5.68. The molecule has 1 atom stereocenters. The van der Waals surface area contributed by atoms with Crippen molar-refractivity contribution in [2.24, 2.45) is 5.73 Å². The van der Waals surface area contributed by atoms with Crippen LogP contribution in [0.3, 0.4) is 0 Å². The molecule has 0 radical (unpaired) electrons. The molecule has 2 heteroatoms. The van der Waals surface area contributed by atoms with Crippen molar-refractivity contribution in [2.75, 3.05) is 18.0 Å². The minimum absolute atomic E-state index is 0.613. The van der Waals surface area contributed by atoms with E-state index in [-0.39, 0.29) is 0 Å². The molecule has 0 amide bonds. The quantitative estimate of drug-likeness (QED) is 0.922. The fraction of sp³-hybridized carbons (Fsp3) is 0.333. The minimum Gasteiger partial charge on any atom is -0.371 e. The summed E-state index contributed by atoms with van der Waals surface area (Å²) in [5, 5.41) is 0. The summed E-state index contributed by atoms with van der Waals surface area (Å²) >= 11 is 0. The van der Waals surface area contributed by atoms with Gasteiger partial charge < -0.3 is 10.6 Å². The Bertz CT molecular complexity index is 577. The molecule has 2 N–H and O–H groups in total. The molecule has 1 aliphatic rings. The first-order valence-corrected chi connectivity index (χ1v) is 7.37. The highest BCUT2D eigenvalue weighted by molar-refractivity contribution is 5.56. The molecule has 1 fully saturated rings. The number of nitrogens with two attached hydrogens (primary N) is 1. The molecule has 1 saturated heterocycles. The first-order valence-electron chi connectivity index (χ1n) is 7.37. The van der Waals surface area contributed by atoms with E-state index >= 15 is 0 Å². The zero-order valence-corrected chi connectivity index (χ0v) is 12.0. The Morgan fingerprint density at radius 2 is 1.95 bits per heavy atom. The van der Waals surface area contributed by atoms with Gasteiger partial charge in [0.25, 0.3) is 0 Å². The van der Waals surface area contributed by atoms with Gasteiger partial charge in [0.05, 0.1) is 0 Å². The van der Waals surface area contributed by atoms with E-state index in [2.05, 4.69) is 60.4 Å². The van der Waals surface area contributed by atoms with Crippen molar-refractivity contribution >= 4 is 5.69 Å². The van der Waals surface area contributed by atoms with Crippen LogP contribution in [0.4, 0.5) is 5.69 Å². The molecule has 0 spiro atoms. The average Bonchev–Trinajstić information content (AvgIpc) is 2.98. The van der Waals surface area contributed by atoms with Crippen molar-refractivity contribution in [3.63, 3.8) is 0 Å². The smallest absolute Gasteiger partial charge is 0.0414 e.